The predicted octanol–water partition coefficient (Wildman–Crippen LogP) is 3.36. The molecule has 12 nitrogen and oxygen atoms in total. The van der Waals surface area contributed by atoms with Gasteiger partial charge < -0.3 is 24.9 Å². The SMILES string of the molecule is Cc1cc(OCc2cnc([N+](=O)[O-])n2C)ccc1Nc1cc2c(cn1)n(C)c(=O)n2C1CCOCC1. The number of aryl methyl sites for hydroxylation is 2. The molecule has 12 heteroatoms. The van der Waals surface area contributed by atoms with Crippen molar-refractivity contribution in [3.63, 3.8) is 0 Å². The number of anilines is 2. The van der Waals surface area contributed by atoms with E-state index < -0.39 is 4.92 Å². The zero-order chi connectivity index (χ0) is 25.4. The fraction of sp³-hybridized carbons (Fsp3) is 0.375. The molecule has 1 N–H and O–H groups in total. The van der Waals surface area contributed by atoms with Crippen molar-refractivity contribution in [3.05, 3.63) is 68.5 Å². The first-order valence-corrected chi connectivity index (χ1v) is 11.6. The highest BCUT2D eigenvalue weighted by Crippen LogP contribution is 2.28. The van der Waals surface area contributed by atoms with Crippen LogP contribution in [0.2, 0.25) is 0 Å². The Labute approximate surface area is 206 Å². The lowest BCUT2D eigenvalue weighted by atomic mass is 10.1. The number of imidazole rings is 2. The average Bonchev–Trinajstić information content (AvgIpc) is 3.36. The molecule has 4 aromatic rings. The molecule has 1 aromatic carbocycles. The quantitative estimate of drug-likeness (QED) is 0.306. The highest BCUT2D eigenvalue weighted by Gasteiger charge is 2.22. The van der Waals surface area contributed by atoms with Crippen LogP contribution in [0, 0.1) is 17.0 Å². The van der Waals surface area contributed by atoms with Crippen LogP contribution in [0.4, 0.5) is 17.5 Å². The smallest absolute Gasteiger partial charge is 0.434 e. The number of benzene rings is 1. The first kappa shape index (κ1) is 23.5. The Morgan fingerprint density at radius 3 is 2.61 bits per heavy atom. The van der Waals surface area contributed by atoms with Gasteiger partial charge in [-0.15, -0.1) is 0 Å². The summed E-state index contributed by atoms with van der Waals surface area (Å²) in [7, 11) is 3.35. The number of nitrogens with zero attached hydrogens (tertiary/aromatic N) is 6. The highest BCUT2D eigenvalue weighted by atomic mass is 16.6. The summed E-state index contributed by atoms with van der Waals surface area (Å²) >= 11 is 0. The van der Waals surface area contributed by atoms with E-state index in [2.05, 4.69) is 15.3 Å². The third-order valence-corrected chi connectivity index (χ3v) is 6.60. The molecule has 0 unspecified atom stereocenters. The van der Waals surface area contributed by atoms with Gasteiger partial charge >= 0.3 is 11.6 Å². The number of aromatic nitrogens is 5. The summed E-state index contributed by atoms with van der Waals surface area (Å²) in [5.41, 5.74) is 3.95. The van der Waals surface area contributed by atoms with Gasteiger partial charge in [0.25, 0.3) is 0 Å². The third kappa shape index (κ3) is 4.31. The molecule has 0 spiro atoms. The lowest BCUT2D eigenvalue weighted by Gasteiger charge is -2.23. The average molecular weight is 494 g/mol. The maximum Gasteiger partial charge on any atom is 0.434 e. The van der Waals surface area contributed by atoms with Crippen LogP contribution in [0.5, 0.6) is 5.75 Å². The summed E-state index contributed by atoms with van der Waals surface area (Å²) in [5, 5.41) is 14.3. The molecule has 1 saturated heterocycles. The van der Waals surface area contributed by atoms with E-state index in [9.17, 15) is 14.9 Å². The van der Waals surface area contributed by atoms with Gasteiger partial charge in [0.15, 0.2) is 5.69 Å². The van der Waals surface area contributed by atoms with Gasteiger partial charge in [-0.1, -0.05) is 4.98 Å². The van der Waals surface area contributed by atoms with Crippen molar-refractivity contribution in [2.75, 3.05) is 18.5 Å². The van der Waals surface area contributed by atoms with Crippen molar-refractivity contribution >= 4 is 28.5 Å². The summed E-state index contributed by atoms with van der Waals surface area (Å²) < 4.78 is 16.2. The molecule has 4 heterocycles. The summed E-state index contributed by atoms with van der Waals surface area (Å²) in [4.78, 5) is 31.7. The van der Waals surface area contributed by atoms with Gasteiger partial charge in [0, 0.05) is 38.1 Å². The van der Waals surface area contributed by atoms with Gasteiger partial charge in [0.2, 0.25) is 0 Å². The van der Waals surface area contributed by atoms with E-state index in [1.165, 1.54) is 10.8 Å². The Bertz CT molecular complexity index is 1500. The van der Waals surface area contributed by atoms with Crippen LogP contribution in [-0.2, 0) is 25.4 Å². The van der Waals surface area contributed by atoms with Crippen molar-refractivity contribution in [3.8, 4) is 5.75 Å². The molecule has 36 heavy (non-hydrogen) atoms. The van der Waals surface area contributed by atoms with Crippen LogP contribution in [-0.4, -0.2) is 41.8 Å². The molecule has 5 rings (SSSR count). The molecular weight excluding hydrogens is 466 g/mol. The molecule has 0 radical (unpaired) electrons. The van der Waals surface area contributed by atoms with Gasteiger partial charge in [-0.25, -0.2) is 14.3 Å². The van der Waals surface area contributed by atoms with E-state index in [1.54, 1.807) is 24.9 Å². The second-order valence-corrected chi connectivity index (χ2v) is 8.87. The lowest BCUT2D eigenvalue weighted by Crippen LogP contribution is -2.29. The van der Waals surface area contributed by atoms with Gasteiger partial charge in [0.05, 0.1) is 24.3 Å². The zero-order valence-corrected chi connectivity index (χ0v) is 20.3. The van der Waals surface area contributed by atoms with Gasteiger partial charge in [-0.3, -0.25) is 9.13 Å². The monoisotopic (exact) mass is 493 g/mol. The van der Waals surface area contributed by atoms with E-state index in [0.29, 0.717) is 30.5 Å². The molecule has 1 aliphatic rings. The fourth-order valence-electron chi connectivity index (χ4n) is 4.52. The first-order chi connectivity index (χ1) is 17.3. The second kappa shape index (κ2) is 9.46. The highest BCUT2D eigenvalue weighted by molar-refractivity contribution is 5.79. The Kier molecular flexibility index (Phi) is 6.18. The van der Waals surface area contributed by atoms with Crippen LogP contribution >= 0.6 is 0 Å². The van der Waals surface area contributed by atoms with Gasteiger partial charge in [0.1, 0.15) is 24.4 Å². The number of hydrogen-bond acceptors (Lipinski definition) is 8. The summed E-state index contributed by atoms with van der Waals surface area (Å²) in [6.07, 6.45) is 4.76. The minimum absolute atomic E-state index is 0.0488. The Balaban J connectivity index is 1.35. The minimum Gasteiger partial charge on any atom is -0.486 e. The van der Waals surface area contributed by atoms with Crippen molar-refractivity contribution in [2.45, 2.75) is 32.4 Å². The van der Waals surface area contributed by atoms with E-state index in [-0.39, 0.29) is 24.3 Å². The molecule has 3 aromatic heterocycles. The summed E-state index contributed by atoms with van der Waals surface area (Å²) in [6, 6.07) is 7.60. The topological polar surface area (TPSA) is 131 Å². The molecule has 0 aliphatic carbocycles. The van der Waals surface area contributed by atoms with E-state index >= 15 is 0 Å². The number of hydrogen-bond donors (Lipinski definition) is 1. The number of pyridine rings is 1. The van der Waals surface area contributed by atoms with Crippen LogP contribution in [0.25, 0.3) is 11.0 Å². The first-order valence-electron chi connectivity index (χ1n) is 11.6. The molecule has 0 atom stereocenters. The Morgan fingerprint density at radius 2 is 1.92 bits per heavy atom. The third-order valence-electron chi connectivity index (χ3n) is 6.60. The normalized spacial score (nSPS) is 14.3. The van der Waals surface area contributed by atoms with Gasteiger partial charge in [-0.05, 0) is 48.5 Å². The lowest BCUT2D eigenvalue weighted by molar-refractivity contribution is -0.396. The molecule has 0 amide bonds. The standard InChI is InChI=1S/C24H27N7O5/c1-15-10-18(36-14-17-12-26-23(28(17)2)31(33)34)4-5-19(15)27-22-11-20-21(13-25-22)29(3)24(32)30(20)16-6-8-35-9-7-16/h4-5,10-13,16H,6-9,14H2,1-3H3,(H,25,27). The van der Waals surface area contributed by atoms with E-state index in [4.69, 9.17) is 9.47 Å². The van der Waals surface area contributed by atoms with Crippen molar-refractivity contribution in [2.24, 2.45) is 14.1 Å². The number of nitrogens with one attached hydrogen (secondary N) is 1. The predicted molar refractivity (Wildman–Crippen MR) is 133 cm³/mol. The van der Waals surface area contributed by atoms with Gasteiger partial charge in [-0.2, -0.15) is 0 Å². The molecule has 1 aliphatic heterocycles. The van der Waals surface area contributed by atoms with E-state index in [0.717, 1.165) is 35.1 Å². The summed E-state index contributed by atoms with van der Waals surface area (Å²) in [6.45, 7) is 3.40. The molecule has 0 bridgehead atoms. The minimum atomic E-state index is -0.530. The molecule has 1 fully saturated rings. The Morgan fingerprint density at radius 1 is 1.14 bits per heavy atom. The number of ether oxygens (including phenoxy) is 2. The van der Waals surface area contributed by atoms with Crippen LogP contribution < -0.4 is 15.7 Å². The molecular formula is C24H27N7O5. The van der Waals surface area contributed by atoms with Crippen molar-refractivity contribution < 1.29 is 14.4 Å². The molecule has 188 valence electrons. The maximum atomic E-state index is 13.0. The zero-order valence-electron chi connectivity index (χ0n) is 20.3. The maximum absolute atomic E-state index is 13.0. The van der Waals surface area contributed by atoms with Crippen molar-refractivity contribution in [1.82, 2.24) is 23.7 Å². The second-order valence-electron chi connectivity index (χ2n) is 8.87. The van der Waals surface area contributed by atoms with Crippen molar-refractivity contribution in [1.29, 1.82) is 0 Å². The summed E-state index contributed by atoms with van der Waals surface area (Å²) in [5.74, 6) is 1.03. The number of nitro groups is 1. The van der Waals surface area contributed by atoms with Crippen LogP contribution in [0.15, 0.2) is 41.5 Å². The van der Waals surface area contributed by atoms with E-state index in [1.807, 2.05) is 35.8 Å². The molecule has 0 saturated carbocycles. The van der Waals surface area contributed by atoms with Crippen LogP contribution in [0.1, 0.15) is 30.1 Å². The fourth-order valence-corrected chi connectivity index (χ4v) is 4.52. The van der Waals surface area contributed by atoms with Crippen LogP contribution in [0.3, 0.4) is 0 Å². The largest absolute Gasteiger partial charge is 0.486 e. The Hall–Kier alpha value is -4.19. The number of rotatable bonds is 7. The number of fused-ring (bicyclic) bond motifs is 1.